The summed E-state index contributed by atoms with van der Waals surface area (Å²) in [7, 11) is 1.89. The molecule has 1 aromatic heterocycles. The Balaban J connectivity index is 2.26. The molecular weight excluding hydrogens is 212 g/mol. The van der Waals surface area contributed by atoms with E-state index in [1.165, 1.54) is 0 Å². The molecule has 0 aliphatic rings. The van der Waals surface area contributed by atoms with Gasteiger partial charge in [-0.3, -0.25) is 0 Å². The van der Waals surface area contributed by atoms with Crippen molar-refractivity contribution in [3.05, 3.63) is 30.1 Å². The first-order valence-corrected chi connectivity index (χ1v) is 5.01. The Bertz CT molecular complexity index is 493. The predicted octanol–water partition coefficient (Wildman–Crippen LogP) is 1.71. The molecule has 2 aromatic rings. The number of hydrogen-bond acceptors (Lipinski definition) is 2. The van der Waals surface area contributed by atoms with Crippen LogP contribution in [0.15, 0.2) is 24.5 Å². The van der Waals surface area contributed by atoms with E-state index in [1.807, 2.05) is 23.7 Å². The molecule has 86 valence electrons. The van der Waals surface area contributed by atoms with Crippen molar-refractivity contribution in [1.82, 2.24) is 9.55 Å². The number of halogens is 2. The van der Waals surface area contributed by atoms with Crippen molar-refractivity contribution in [3.63, 3.8) is 0 Å². The molecule has 0 aliphatic heterocycles. The average Bonchev–Trinajstić information content (AvgIpc) is 2.60. The zero-order chi connectivity index (χ0) is 11.7. The van der Waals surface area contributed by atoms with Gasteiger partial charge >= 0.3 is 0 Å². The molecule has 1 atom stereocenters. The van der Waals surface area contributed by atoms with Crippen molar-refractivity contribution >= 4 is 11.0 Å². The van der Waals surface area contributed by atoms with E-state index in [1.54, 1.807) is 12.4 Å². The minimum absolute atomic E-state index is 0.171. The highest BCUT2D eigenvalue weighted by atomic mass is 19.3. The van der Waals surface area contributed by atoms with Gasteiger partial charge in [0, 0.05) is 7.05 Å². The van der Waals surface area contributed by atoms with E-state index >= 15 is 0 Å². The first-order valence-electron chi connectivity index (χ1n) is 5.01. The lowest BCUT2D eigenvalue weighted by atomic mass is 10.1. The second-order valence-corrected chi connectivity index (χ2v) is 3.88. The molecule has 0 fully saturated rings. The normalized spacial score (nSPS) is 13.6. The Morgan fingerprint density at radius 3 is 2.88 bits per heavy atom. The van der Waals surface area contributed by atoms with E-state index in [2.05, 4.69) is 4.98 Å². The molecule has 0 radical (unpaired) electrons. The number of alkyl halides is 2. The summed E-state index contributed by atoms with van der Waals surface area (Å²) < 4.78 is 26.5. The van der Waals surface area contributed by atoms with Crippen LogP contribution in [-0.2, 0) is 13.5 Å². The van der Waals surface area contributed by atoms with Crippen LogP contribution in [0.3, 0.4) is 0 Å². The second kappa shape index (κ2) is 4.17. The van der Waals surface area contributed by atoms with Crippen LogP contribution in [-0.4, -0.2) is 22.0 Å². The SMILES string of the molecule is Cn1cnc2cc(CC(N)C(F)F)ccc21. The number of benzene rings is 1. The van der Waals surface area contributed by atoms with E-state index < -0.39 is 12.5 Å². The first-order chi connectivity index (χ1) is 7.58. The molecule has 5 heteroatoms. The van der Waals surface area contributed by atoms with Crippen molar-refractivity contribution in [2.24, 2.45) is 12.8 Å². The van der Waals surface area contributed by atoms with Gasteiger partial charge in [0.2, 0.25) is 0 Å². The van der Waals surface area contributed by atoms with E-state index in [9.17, 15) is 8.78 Å². The van der Waals surface area contributed by atoms with E-state index in [0.717, 1.165) is 16.6 Å². The second-order valence-electron chi connectivity index (χ2n) is 3.88. The lowest BCUT2D eigenvalue weighted by Gasteiger charge is -2.09. The smallest absolute Gasteiger partial charge is 0.253 e. The summed E-state index contributed by atoms with van der Waals surface area (Å²) in [5.41, 5.74) is 7.90. The third-order valence-corrected chi connectivity index (χ3v) is 2.58. The largest absolute Gasteiger partial charge is 0.334 e. The molecular formula is C11H13F2N3. The lowest BCUT2D eigenvalue weighted by molar-refractivity contribution is 0.116. The van der Waals surface area contributed by atoms with E-state index in [-0.39, 0.29) is 6.42 Å². The molecule has 1 aromatic carbocycles. The highest BCUT2D eigenvalue weighted by molar-refractivity contribution is 5.75. The predicted molar refractivity (Wildman–Crippen MR) is 58.4 cm³/mol. The third-order valence-electron chi connectivity index (χ3n) is 2.58. The maximum absolute atomic E-state index is 12.3. The van der Waals surface area contributed by atoms with Gasteiger partial charge in [0.15, 0.2) is 0 Å². The molecule has 1 unspecified atom stereocenters. The summed E-state index contributed by atoms with van der Waals surface area (Å²) >= 11 is 0. The van der Waals surface area contributed by atoms with Crippen LogP contribution in [0.1, 0.15) is 5.56 Å². The maximum atomic E-state index is 12.3. The topological polar surface area (TPSA) is 43.8 Å². The third kappa shape index (κ3) is 2.04. The Morgan fingerprint density at radius 2 is 2.19 bits per heavy atom. The number of aromatic nitrogens is 2. The standard InChI is InChI=1S/C11H13F2N3/c1-16-6-15-9-5-7(2-3-10(9)16)4-8(14)11(12)13/h2-3,5-6,8,11H,4,14H2,1H3. The zero-order valence-corrected chi connectivity index (χ0v) is 8.90. The Labute approximate surface area is 91.9 Å². The summed E-state index contributed by atoms with van der Waals surface area (Å²) in [5.74, 6) is 0. The van der Waals surface area contributed by atoms with E-state index in [4.69, 9.17) is 5.73 Å². The number of aryl methyl sites for hydroxylation is 1. The van der Waals surface area contributed by atoms with Gasteiger partial charge < -0.3 is 10.3 Å². The number of hydrogen-bond donors (Lipinski definition) is 1. The van der Waals surface area contributed by atoms with Crippen molar-refractivity contribution in [2.45, 2.75) is 18.9 Å². The van der Waals surface area contributed by atoms with Crippen molar-refractivity contribution < 1.29 is 8.78 Å². The molecule has 0 spiro atoms. The van der Waals surface area contributed by atoms with Gasteiger partial charge in [0.05, 0.1) is 23.4 Å². The maximum Gasteiger partial charge on any atom is 0.253 e. The Morgan fingerprint density at radius 1 is 1.44 bits per heavy atom. The summed E-state index contributed by atoms with van der Waals surface area (Å²) in [4.78, 5) is 4.17. The molecule has 0 amide bonds. The molecule has 2 N–H and O–H groups in total. The number of nitrogens with zero attached hydrogens (tertiary/aromatic N) is 2. The quantitative estimate of drug-likeness (QED) is 0.864. The monoisotopic (exact) mass is 225 g/mol. The summed E-state index contributed by atoms with van der Waals surface area (Å²) in [6.07, 6.45) is -0.620. The molecule has 2 rings (SSSR count). The fourth-order valence-corrected chi connectivity index (χ4v) is 1.67. The molecule has 3 nitrogen and oxygen atoms in total. The Hall–Kier alpha value is -1.49. The Kier molecular flexibility index (Phi) is 2.87. The van der Waals surface area contributed by atoms with Crippen molar-refractivity contribution in [1.29, 1.82) is 0 Å². The fraction of sp³-hybridized carbons (Fsp3) is 0.364. The van der Waals surface area contributed by atoms with E-state index in [0.29, 0.717) is 0 Å². The lowest BCUT2D eigenvalue weighted by Crippen LogP contribution is -2.30. The zero-order valence-electron chi connectivity index (χ0n) is 8.90. The van der Waals surface area contributed by atoms with Gasteiger partial charge in [-0.15, -0.1) is 0 Å². The van der Waals surface area contributed by atoms with Crippen LogP contribution in [0.2, 0.25) is 0 Å². The number of fused-ring (bicyclic) bond motifs is 1. The molecule has 1 heterocycles. The number of nitrogens with two attached hydrogens (primary N) is 1. The molecule has 0 aliphatic carbocycles. The highest BCUT2D eigenvalue weighted by Crippen LogP contribution is 2.16. The minimum atomic E-state index is -2.49. The first kappa shape index (κ1) is 11.0. The van der Waals surface area contributed by atoms with Gasteiger partial charge in [-0.05, 0) is 24.1 Å². The minimum Gasteiger partial charge on any atom is -0.334 e. The van der Waals surface area contributed by atoms with Crippen LogP contribution in [0, 0.1) is 0 Å². The van der Waals surface area contributed by atoms with Crippen LogP contribution in [0.4, 0.5) is 8.78 Å². The van der Waals surface area contributed by atoms with Crippen LogP contribution >= 0.6 is 0 Å². The molecule has 16 heavy (non-hydrogen) atoms. The van der Waals surface area contributed by atoms with Crippen molar-refractivity contribution in [2.75, 3.05) is 0 Å². The van der Waals surface area contributed by atoms with Crippen LogP contribution < -0.4 is 5.73 Å². The van der Waals surface area contributed by atoms with Gasteiger partial charge in [0.1, 0.15) is 0 Å². The number of rotatable bonds is 3. The highest BCUT2D eigenvalue weighted by Gasteiger charge is 2.15. The fourth-order valence-electron chi connectivity index (χ4n) is 1.67. The van der Waals surface area contributed by atoms with Gasteiger partial charge in [-0.25, -0.2) is 13.8 Å². The summed E-state index contributed by atoms with van der Waals surface area (Å²) in [6, 6.07) is 4.38. The van der Waals surface area contributed by atoms with Gasteiger partial charge in [-0.2, -0.15) is 0 Å². The van der Waals surface area contributed by atoms with Crippen LogP contribution in [0.25, 0.3) is 11.0 Å². The van der Waals surface area contributed by atoms with Gasteiger partial charge in [-0.1, -0.05) is 6.07 Å². The van der Waals surface area contributed by atoms with Crippen molar-refractivity contribution in [3.8, 4) is 0 Å². The summed E-state index contributed by atoms with van der Waals surface area (Å²) in [6.45, 7) is 0. The molecule has 0 saturated carbocycles. The molecule has 0 bridgehead atoms. The molecule has 0 saturated heterocycles. The summed E-state index contributed by atoms with van der Waals surface area (Å²) in [5, 5.41) is 0. The van der Waals surface area contributed by atoms with Gasteiger partial charge in [0.25, 0.3) is 6.43 Å². The average molecular weight is 225 g/mol. The number of imidazole rings is 1. The van der Waals surface area contributed by atoms with Crippen LogP contribution in [0.5, 0.6) is 0 Å².